The van der Waals surface area contributed by atoms with Gasteiger partial charge in [0.15, 0.2) is 5.82 Å². The van der Waals surface area contributed by atoms with Crippen molar-refractivity contribution in [3.05, 3.63) is 47.7 Å². The molecule has 7 nitrogen and oxygen atoms in total. The van der Waals surface area contributed by atoms with Crippen LogP contribution in [0.4, 0.5) is 19.0 Å². The molecular weight excluding hydrogens is 377 g/mol. The lowest BCUT2D eigenvalue weighted by molar-refractivity contribution is -0.157. The lowest BCUT2D eigenvalue weighted by Crippen LogP contribution is -2.42. The van der Waals surface area contributed by atoms with Crippen molar-refractivity contribution < 1.29 is 27.3 Å². The number of aryl methyl sites for hydroxylation is 1. The molecule has 2 amide bonds. The van der Waals surface area contributed by atoms with Crippen LogP contribution in [0.15, 0.2) is 40.9 Å². The molecule has 1 aromatic carbocycles. The highest BCUT2D eigenvalue weighted by atomic mass is 19.4. The fourth-order valence-corrected chi connectivity index (χ4v) is 3.08. The average molecular weight is 396 g/mol. The first-order valence-corrected chi connectivity index (χ1v) is 8.61. The van der Waals surface area contributed by atoms with Crippen LogP contribution >= 0.6 is 0 Å². The molecule has 2 heterocycles. The predicted molar refractivity (Wildman–Crippen MR) is 93.2 cm³/mol. The molecule has 10 heteroatoms. The lowest BCUT2D eigenvalue weighted by atomic mass is 10.0. The molecule has 2 N–H and O–H groups in total. The number of aromatic nitrogens is 1. The van der Waals surface area contributed by atoms with Crippen LogP contribution < -0.4 is 10.6 Å². The van der Waals surface area contributed by atoms with E-state index >= 15 is 0 Å². The molecule has 1 saturated heterocycles. The van der Waals surface area contributed by atoms with Crippen molar-refractivity contribution in [1.29, 1.82) is 0 Å². The third kappa shape index (κ3) is 5.10. The van der Waals surface area contributed by atoms with Crippen LogP contribution in [0.1, 0.15) is 23.8 Å². The lowest BCUT2D eigenvalue weighted by Gasteiger charge is -2.23. The van der Waals surface area contributed by atoms with Crippen molar-refractivity contribution in [2.45, 2.75) is 31.6 Å². The molecule has 0 bridgehead atoms. The normalized spacial score (nSPS) is 18.4. The molecule has 0 spiro atoms. The van der Waals surface area contributed by atoms with Crippen LogP contribution in [0.3, 0.4) is 0 Å². The Morgan fingerprint density at radius 3 is 2.68 bits per heavy atom. The Kier molecular flexibility index (Phi) is 5.68. The smallest absolute Gasteiger partial charge is 0.360 e. The number of amides is 2. The Labute approximate surface area is 158 Å². The topological polar surface area (TPSA) is 87.5 Å². The van der Waals surface area contributed by atoms with Gasteiger partial charge in [0.1, 0.15) is 18.3 Å². The van der Waals surface area contributed by atoms with E-state index in [1.165, 1.54) is 0 Å². The van der Waals surface area contributed by atoms with Gasteiger partial charge in [-0.3, -0.25) is 14.9 Å². The van der Waals surface area contributed by atoms with E-state index in [1.54, 1.807) is 43.3 Å². The van der Waals surface area contributed by atoms with Crippen LogP contribution in [0.2, 0.25) is 0 Å². The van der Waals surface area contributed by atoms with Gasteiger partial charge in [0.2, 0.25) is 11.8 Å². The van der Waals surface area contributed by atoms with Crippen molar-refractivity contribution in [3.8, 4) is 0 Å². The SMILES string of the molecule is Cc1cc(NC(=O)C(NC2CC(=O)N(CC(F)(F)F)C2)c2ccccc2)no1. The van der Waals surface area contributed by atoms with E-state index in [2.05, 4.69) is 15.8 Å². The number of nitrogens with zero attached hydrogens (tertiary/aromatic N) is 2. The number of nitrogens with one attached hydrogen (secondary N) is 2. The maximum Gasteiger partial charge on any atom is 0.406 e. The second-order valence-electron chi connectivity index (χ2n) is 6.61. The first kappa shape index (κ1) is 19.9. The van der Waals surface area contributed by atoms with Crippen molar-refractivity contribution in [2.24, 2.45) is 0 Å². The summed E-state index contributed by atoms with van der Waals surface area (Å²) >= 11 is 0. The zero-order chi connectivity index (χ0) is 20.3. The van der Waals surface area contributed by atoms with E-state index in [9.17, 15) is 22.8 Å². The number of likely N-dealkylation sites (tertiary alicyclic amines) is 1. The third-order valence-corrected chi connectivity index (χ3v) is 4.26. The molecule has 1 aliphatic heterocycles. The molecule has 0 radical (unpaired) electrons. The highest BCUT2D eigenvalue weighted by Crippen LogP contribution is 2.23. The van der Waals surface area contributed by atoms with E-state index < -0.39 is 36.6 Å². The number of carbonyl (C=O) groups is 2. The monoisotopic (exact) mass is 396 g/mol. The minimum atomic E-state index is -4.47. The average Bonchev–Trinajstić information content (AvgIpc) is 3.17. The number of rotatable bonds is 6. The van der Waals surface area contributed by atoms with Crippen molar-refractivity contribution in [1.82, 2.24) is 15.4 Å². The number of benzene rings is 1. The third-order valence-electron chi connectivity index (χ3n) is 4.26. The van der Waals surface area contributed by atoms with E-state index in [0.29, 0.717) is 11.3 Å². The number of anilines is 1. The van der Waals surface area contributed by atoms with Crippen LogP contribution in [-0.2, 0) is 9.59 Å². The molecule has 0 aliphatic carbocycles. The summed E-state index contributed by atoms with van der Waals surface area (Å²) in [5.74, 6) is -0.314. The maximum absolute atomic E-state index is 12.8. The highest BCUT2D eigenvalue weighted by molar-refractivity contribution is 5.95. The zero-order valence-corrected chi connectivity index (χ0v) is 15.0. The zero-order valence-electron chi connectivity index (χ0n) is 15.0. The first-order chi connectivity index (χ1) is 13.2. The molecule has 1 aromatic heterocycles. The second-order valence-corrected chi connectivity index (χ2v) is 6.61. The van der Waals surface area contributed by atoms with Crippen molar-refractivity contribution in [2.75, 3.05) is 18.4 Å². The Balaban J connectivity index is 1.73. The summed E-state index contributed by atoms with van der Waals surface area (Å²) in [7, 11) is 0. The van der Waals surface area contributed by atoms with Crippen LogP contribution in [0.25, 0.3) is 0 Å². The van der Waals surface area contributed by atoms with Crippen LogP contribution in [-0.4, -0.2) is 47.2 Å². The van der Waals surface area contributed by atoms with Gasteiger partial charge in [-0.2, -0.15) is 13.2 Å². The van der Waals surface area contributed by atoms with Gasteiger partial charge in [-0.1, -0.05) is 35.5 Å². The molecule has 2 aromatic rings. The van der Waals surface area contributed by atoms with Gasteiger partial charge in [0, 0.05) is 25.1 Å². The number of carbonyl (C=O) groups excluding carboxylic acids is 2. The molecule has 2 unspecified atom stereocenters. The predicted octanol–water partition coefficient (Wildman–Crippen LogP) is 2.42. The molecule has 1 aliphatic rings. The molecule has 0 saturated carbocycles. The van der Waals surface area contributed by atoms with Crippen LogP contribution in [0, 0.1) is 6.92 Å². The summed E-state index contributed by atoms with van der Waals surface area (Å²) in [5, 5.41) is 9.32. The van der Waals surface area contributed by atoms with Gasteiger partial charge in [-0.15, -0.1) is 0 Å². The molecule has 28 heavy (non-hydrogen) atoms. The van der Waals surface area contributed by atoms with E-state index in [1.807, 2.05) is 0 Å². The molecule has 3 rings (SSSR count). The molecule has 150 valence electrons. The Bertz CT molecular complexity index is 838. The fraction of sp³-hybridized carbons (Fsp3) is 0.389. The van der Waals surface area contributed by atoms with E-state index in [0.717, 1.165) is 4.90 Å². The van der Waals surface area contributed by atoms with Gasteiger partial charge in [-0.05, 0) is 12.5 Å². The largest absolute Gasteiger partial charge is 0.406 e. The van der Waals surface area contributed by atoms with E-state index in [-0.39, 0.29) is 18.8 Å². The fourth-order valence-electron chi connectivity index (χ4n) is 3.08. The number of alkyl halides is 3. The quantitative estimate of drug-likeness (QED) is 0.783. The summed E-state index contributed by atoms with van der Waals surface area (Å²) in [6.07, 6.45) is -4.58. The summed E-state index contributed by atoms with van der Waals surface area (Å²) in [4.78, 5) is 25.4. The Hall–Kier alpha value is -2.88. The Morgan fingerprint density at radius 2 is 2.07 bits per heavy atom. The van der Waals surface area contributed by atoms with Gasteiger partial charge >= 0.3 is 6.18 Å². The minimum Gasteiger partial charge on any atom is -0.360 e. The molecule has 1 fully saturated rings. The van der Waals surface area contributed by atoms with Gasteiger partial charge in [0.05, 0.1) is 0 Å². The van der Waals surface area contributed by atoms with Gasteiger partial charge in [-0.25, -0.2) is 0 Å². The highest BCUT2D eigenvalue weighted by Gasteiger charge is 2.39. The summed E-state index contributed by atoms with van der Waals surface area (Å²) < 4.78 is 42.8. The summed E-state index contributed by atoms with van der Waals surface area (Å²) in [6.45, 7) is 0.247. The number of hydrogen-bond acceptors (Lipinski definition) is 5. The van der Waals surface area contributed by atoms with Crippen molar-refractivity contribution >= 4 is 17.6 Å². The summed E-state index contributed by atoms with van der Waals surface area (Å²) in [6, 6.07) is 8.78. The molecular formula is C18H19F3N4O3. The second kappa shape index (κ2) is 8.01. The maximum atomic E-state index is 12.8. The van der Waals surface area contributed by atoms with E-state index in [4.69, 9.17) is 4.52 Å². The standard InChI is InChI=1S/C18H19F3N4O3/c1-11-7-14(24-28-11)23-17(27)16(12-5-3-2-4-6-12)22-13-8-15(26)25(9-13)10-18(19,20)21/h2-7,13,16,22H,8-10H2,1H3,(H,23,24,27). The summed E-state index contributed by atoms with van der Waals surface area (Å²) in [5.41, 5.74) is 0.613. The minimum absolute atomic E-state index is 0.115. The van der Waals surface area contributed by atoms with Crippen LogP contribution in [0.5, 0.6) is 0 Å². The van der Waals surface area contributed by atoms with Crippen molar-refractivity contribution in [3.63, 3.8) is 0 Å². The number of hydrogen-bond donors (Lipinski definition) is 2. The number of halogens is 3. The van der Waals surface area contributed by atoms with Gasteiger partial charge < -0.3 is 14.7 Å². The first-order valence-electron chi connectivity index (χ1n) is 8.61. The van der Waals surface area contributed by atoms with Gasteiger partial charge in [0.25, 0.3) is 0 Å². The Morgan fingerprint density at radius 1 is 1.36 bits per heavy atom. The molecule has 2 atom stereocenters.